The van der Waals surface area contributed by atoms with E-state index >= 15 is 0 Å². The number of thioether (sulfide) groups is 1. The molecular formula is C5H7F3OS. The van der Waals surface area contributed by atoms with Crippen LogP contribution in [0.3, 0.4) is 0 Å². The summed E-state index contributed by atoms with van der Waals surface area (Å²) in [5.74, 6) is -0.164. The van der Waals surface area contributed by atoms with Gasteiger partial charge in [0.1, 0.15) is 11.6 Å². The molecule has 0 amide bonds. The van der Waals surface area contributed by atoms with E-state index in [1.165, 1.54) is 0 Å². The van der Waals surface area contributed by atoms with Crippen LogP contribution < -0.4 is 0 Å². The van der Waals surface area contributed by atoms with Gasteiger partial charge in [-0.1, -0.05) is 0 Å². The first kappa shape index (κ1) is 8.20. The average Bonchev–Trinajstić information content (AvgIpc) is 1.93. The highest BCUT2D eigenvalue weighted by Crippen LogP contribution is 2.30. The Morgan fingerprint density at radius 1 is 1.20 bits per heavy atom. The van der Waals surface area contributed by atoms with Crippen LogP contribution in [0.1, 0.15) is 0 Å². The summed E-state index contributed by atoms with van der Waals surface area (Å²) in [7, 11) is 0. The maximum absolute atomic E-state index is 12.3. The first-order valence-corrected chi connectivity index (χ1v) is 3.89. The number of hydrogen-bond donors (Lipinski definition) is 1. The van der Waals surface area contributed by atoms with Crippen molar-refractivity contribution in [3.05, 3.63) is 0 Å². The molecule has 0 aromatic rings. The summed E-state index contributed by atoms with van der Waals surface area (Å²) >= 11 is 0.704. The van der Waals surface area contributed by atoms with Crippen LogP contribution in [0.15, 0.2) is 0 Å². The quantitative estimate of drug-likeness (QED) is 0.589. The van der Waals surface area contributed by atoms with Gasteiger partial charge in [-0.2, -0.15) is 0 Å². The van der Waals surface area contributed by atoms with Crippen LogP contribution in [0.2, 0.25) is 0 Å². The maximum atomic E-state index is 12.3. The first-order valence-electron chi connectivity index (χ1n) is 2.85. The topological polar surface area (TPSA) is 20.2 Å². The van der Waals surface area contributed by atoms with Gasteiger partial charge >= 0.3 is 0 Å². The molecule has 1 rings (SSSR count). The second kappa shape index (κ2) is 3.00. The number of hydrogen-bond acceptors (Lipinski definition) is 2. The van der Waals surface area contributed by atoms with E-state index in [1.807, 2.05) is 0 Å². The zero-order valence-corrected chi connectivity index (χ0v) is 5.82. The van der Waals surface area contributed by atoms with Crippen molar-refractivity contribution in [2.24, 2.45) is 0 Å². The lowest BCUT2D eigenvalue weighted by Crippen LogP contribution is -2.41. The Morgan fingerprint density at radius 3 is 2.30 bits per heavy atom. The minimum absolute atomic E-state index is 0.164. The molecule has 10 heavy (non-hydrogen) atoms. The molecule has 0 bridgehead atoms. The number of alkyl halides is 3. The van der Waals surface area contributed by atoms with Crippen molar-refractivity contribution in [3.8, 4) is 0 Å². The Bertz CT molecular complexity index is 109. The molecule has 0 radical (unpaired) electrons. The molecule has 60 valence electrons. The average molecular weight is 172 g/mol. The van der Waals surface area contributed by atoms with Gasteiger partial charge in [-0.25, -0.2) is 13.2 Å². The third-order valence-electron chi connectivity index (χ3n) is 1.35. The predicted molar refractivity (Wildman–Crippen MR) is 33.2 cm³/mol. The van der Waals surface area contributed by atoms with Gasteiger partial charge in [0.2, 0.25) is 0 Å². The number of halogens is 3. The van der Waals surface area contributed by atoms with Crippen molar-refractivity contribution in [2.75, 3.05) is 5.75 Å². The van der Waals surface area contributed by atoms with E-state index in [-0.39, 0.29) is 5.75 Å². The highest BCUT2D eigenvalue weighted by atomic mass is 32.2. The van der Waals surface area contributed by atoms with Gasteiger partial charge in [-0.3, -0.25) is 0 Å². The lowest BCUT2D eigenvalue weighted by Gasteiger charge is -2.26. The second-order valence-electron chi connectivity index (χ2n) is 2.13. The van der Waals surface area contributed by atoms with E-state index in [0.29, 0.717) is 11.8 Å². The molecular weight excluding hydrogens is 165 g/mol. The van der Waals surface area contributed by atoms with Crippen molar-refractivity contribution in [3.63, 3.8) is 0 Å². The molecule has 4 unspecified atom stereocenters. The van der Waals surface area contributed by atoms with E-state index in [0.717, 1.165) is 0 Å². The van der Waals surface area contributed by atoms with Gasteiger partial charge in [-0.15, -0.1) is 11.8 Å². The Morgan fingerprint density at radius 2 is 1.80 bits per heavy atom. The molecule has 1 heterocycles. The maximum Gasteiger partial charge on any atom is 0.169 e. The summed E-state index contributed by atoms with van der Waals surface area (Å²) in [4.78, 5) is 0. The van der Waals surface area contributed by atoms with Crippen molar-refractivity contribution in [1.82, 2.24) is 0 Å². The molecule has 1 fully saturated rings. The fraction of sp³-hybridized carbons (Fsp3) is 1.00. The Balaban J connectivity index is 2.52. The number of aliphatic hydroxyl groups excluding tert-OH is 1. The van der Waals surface area contributed by atoms with Gasteiger partial charge in [0, 0.05) is 5.75 Å². The third kappa shape index (κ3) is 1.40. The molecule has 5 heteroatoms. The minimum atomic E-state index is -2.16. The summed E-state index contributed by atoms with van der Waals surface area (Å²) in [6, 6.07) is 0. The van der Waals surface area contributed by atoms with Gasteiger partial charge in [0.15, 0.2) is 12.3 Å². The molecule has 0 aromatic heterocycles. The fourth-order valence-electron chi connectivity index (χ4n) is 0.731. The molecule has 0 aromatic carbocycles. The van der Waals surface area contributed by atoms with E-state index in [1.54, 1.807) is 0 Å². The summed E-state index contributed by atoms with van der Waals surface area (Å²) in [5.41, 5.74) is -1.40. The normalized spacial score (nSPS) is 49.2. The van der Waals surface area contributed by atoms with Gasteiger partial charge in [-0.05, 0) is 0 Å². The zero-order valence-electron chi connectivity index (χ0n) is 5.01. The highest BCUT2D eigenvalue weighted by molar-refractivity contribution is 7.99. The van der Waals surface area contributed by atoms with E-state index in [2.05, 4.69) is 0 Å². The van der Waals surface area contributed by atoms with Crippen molar-refractivity contribution in [2.45, 2.75) is 24.0 Å². The SMILES string of the molecule is OC1SCC(F)C(F)C1F. The summed E-state index contributed by atoms with van der Waals surface area (Å²) in [5, 5.41) is 8.65. The summed E-state index contributed by atoms with van der Waals surface area (Å²) < 4.78 is 36.9. The van der Waals surface area contributed by atoms with Crippen LogP contribution in [0.5, 0.6) is 0 Å². The molecule has 4 atom stereocenters. The van der Waals surface area contributed by atoms with E-state index < -0.39 is 24.0 Å². The van der Waals surface area contributed by atoms with Gasteiger partial charge in [0.05, 0.1) is 0 Å². The Hall–Kier alpha value is 0.100. The van der Waals surface area contributed by atoms with Crippen LogP contribution in [-0.2, 0) is 0 Å². The zero-order chi connectivity index (χ0) is 7.72. The van der Waals surface area contributed by atoms with E-state index in [9.17, 15) is 13.2 Å². The van der Waals surface area contributed by atoms with Crippen LogP contribution >= 0.6 is 11.8 Å². The van der Waals surface area contributed by atoms with Crippen molar-refractivity contribution >= 4 is 11.8 Å². The van der Waals surface area contributed by atoms with E-state index in [4.69, 9.17) is 5.11 Å². The molecule has 1 aliphatic rings. The highest BCUT2D eigenvalue weighted by Gasteiger charge is 2.40. The molecule has 0 aliphatic carbocycles. The third-order valence-corrected chi connectivity index (χ3v) is 2.46. The minimum Gasteiger partial charge on any atom is -0.379 e. The summed E-state index contributed by atoms with van der Waals surface area (Å²) in [6.07, 6.45) is -6.01. The largest absolute Gasteiger partial charge is 0.379 e. The van der Waals surface area contributed by atoms with Crippen molar-refractivity contribution < 1.29 is 18.3 Å². The first-order chi connectivity index (χ1) is 4.63. The number of rotatable bonds is 0. The monoisotopic (exact) mass is 172 g/mol. The Kier molecular flexibility index (Phi) is 2.46. The van der Waals surface area contributed by atoms with Crippen LogP contribution in [-0.4, -0.2) is 34.8 Å². The van der Waals surface area contributed by atoms with Crippen molar-refractivity contribution in [1.29, 1.82) is 0 Å². The molecule has 0 spiro atoms. The standard InChI is InChI=1S/C5H7F3OS/c6-2-1-10-5(9)4(8)3(2)7/h2-5,9H,1H2. The molecule has 1 N–H and O–H groups in total. The molecule has 1 saturated heterocycles. The predicted octanol–water partition coefficient (Wildman–Crippen LogP) is 1.07. The van der Waals surface area contributed by atoms with Crippen LogP contribution in [0, 0.1) is 0 Å². The number of aliphatic hydroxyl groups is 1. The van der Waals surface area contributed by atoms with Crippen LogP contribution in [0.4, 0.5) is 13.2 Å². The smallest absolute Gasteiger partial charge is 0.169 e. The lowest BCUT2D eigenvalue weighted by atomic mass is 10.2. The lowest BCUT2D eigenvalue weighted by molar-refractivity contribution is 0.0307. The molecule has 1 aliphatic heterocycles. The van der Waals surface area contributed by atoms with Crippen LogP contribution in [0.25, 0.3) is 0 Å². The van der Waals surface area contributed by atoms with Gasteiger partial charge in [0.25, 0.3) is 0 Å². The Labute approximate surface area is 60.6 Å². The van der Waals surface area contributed by atoms with Gasteiger partial charge < -0.3 is 5.11 Å². The molecule has 1 nitrogen and oxygen atoms in total. The fourth-order valence-corrected chi connectivity index (χ4v) is 1.63. The molecule has 0 saturated carbocycles. The summed E-state index contributed by atoms with van der Waals surface area (Å²) in [6.45, 7) is 0. The second-order valence-corrected chi connectivity index (χ2v) is 3.28.